The van der Waals surface area contributed by atoms with Crippen LogP contribution in [0, 0.1) is 0 Å². The zero-order chi connectivity index (χ0) is 21.0. The molecule has 1 aliphatic heterocycles. The quantitative estimate of drug-likeness (QED) is 0.572. The maximum absolute atomic E-state index is 10.5. The summed E-state index contributed by atoms with van der Waals surface area (Å²) in [6, 6.07) is 12.9. The second-order valence-electron chi connectivity index (χ2n) is 6.96. The van der Waals surface area contributed by atoms with E-state index in [1.807, 2.05) is 30.3 Å². The topological polar surface area (TPSA) is 99.4 Å². The Balaban J connectivity index is 1.86. The van der Waals surface area contributed by atoms with Crippen molar-refractivity contribution >= 4 is 11.6 Å². The van der Waals surface area contributed by atoms with Crippen molar-refractivity contribution in [3.8, 4) is 5.75 Å². The van der Waals surface area contributed by atoms with E-state index in [0.29, 0.717) is 17.0 Å². The van der Waals surface area contributed by atoms with Gasteiger partial charge >= 0.3 is 0 Å². The first-order chi connectivity index (χ1) is 13.9. The third-order valence-electron chi connectivity index (χ3n) is 4.96. The molecule has 2 aromatic rings. The third-order valence-corrected chi connectivity index (χ3v) is 5.33. The largest absolute Gasteiger partial charge is 0.497 e. The second kappa shape index (κ2) is 9.61. The summed E-state index contributed by atoms with van der Waals surface area (Å²) < 4.78 is 10.9. The molecule has 0 aromatic heterocycles. The fraction of sp³-hybridized carbons (Fsp3) is 0.364. The van der Waals surface area contributed by atoms with Crippen LogP contribution in [0.5, 0.6) is 5.75 Å². The highest BCUT2D eigenvalue weighted by Crippen LogP contribution is 2.36. The van der Waals surface area contributed by atoms with Crippen LogP contribution in [0.3, 0.4) is 0 Å². The molecule has 0 saturated carbocycles. The first-order valence-electron chi connectivity index (χ1n) is 9.37. The fourth-order valence-electron chi connectivity index (χ4n) is 3.33. The van der Waals surface area contributed by atoms with Gasteiger partial charge in [-0.25, -0.2) is 0 Å². The average molecular weight is 421 g/mol. The molecule has 0 bridgehead atoms. The molecule has 2 aromatic carbocycles. The van der Waals surface area contributed by atoms with E-state index < -0.39 is 24.4 Å². The number of hydrogen-bond acceptors (Lipinski definition) is 6. The van der Waals surface area contributed by atoms with Crippen molar-refractivity contribution < 1.29 is 29.9 Å². The molecule has 0 unspecified atom stereocenters. The van der Waals surface area contributed by atoms with Gasteiger partial charge in [-0.1, -0.05) is 35.9 Å². The molecule has 0 spiro atoms. The molecule has 4 N–H and O–H groups in total. The maximum Gasteiger partial charge on any atom is 0.152 e. The van der Waals surface area contributed by atoms with E-state index in [-0.39, 0.29) is 18.8 Å². The molecule has 1 heterocycles. The van der Waals surface area contributed by atoms with Gasteiger partial charge in [-0.2, -0.15) is 0 Å². The van der Waals surface area contributed by atoms with Crippen LogP contribution in [0.4, 0.5) is 0 Å². The smallest absolute Gasteiger partial charge is 0.152 e. The Labute approximate surface area is 174 Å². The lowest BCUT2D eigenvalue weighted by molar-refractivity contribution is -0.157. The number of methoxy groups -OCH3 is 1. The first-order valence-corrected chi connectivity index (χ1v) is 9.75. The molecule has 1 saturated heterocycles. The van der Waals surface area contributed by atoms with E-state index in [1.165, 1.54) is 6.08 Å². The first kappa shape index (κ1) is 21.6. The van der Waals surface area contributed by atoms with Gasteiger partial charge in [0.2, 0.25) is 0 Å². The molecule has 4 atom stereocenters. The Morgan fingerprint density at radius 2 is 1.79 bits per heavy atom. The van der Waals surface area contributed by atoms with Crippen molar-refractivity contribution in [2.24, 2.45) is 0 Å². The Bertz CT molecular complexity index is 851. The summed E-state index contributed by atoms with van der Waals surface area (Å²) in [6.07, 6.45) is -2.58. The molecule has 1 fully saturated rings. The number of hydrogen-bond donors (Lipinski definition) is 4. The summed E-state index contributed by atoms with van der Waals surface area (Å²) in [5.41, 5.74) is 2.51. The van der Waals surface area contributed by atoms with Gasteiger partial charge in [0.15, 0.2) is 6.10 Å². The van der Waals surface area contributed by atoms with E-state index in [9.17, 15) is 15.3 Å². The molecule has 0 amide bonds. The van der Waals surface area contributed by atoms with Gasteiger partial charge in [0.1, 0.15) is 29.8 Å². The van der Waals surface area contributed by atoms with Crippen LogP contribution >= 0.6 is 11.6 Å². The van der Waals surface area contributed by atoms with Gasteiger partial charge in [0.05, 0.1) is 7.11 Å². The number of aliphatic hydroxyl groups is 4. The molecular weight excluding hydrogens is 396 g/mol. The Morgan fingerprint density at radius 1 is 1.07 bits per heavy atom. The number of ether oxygens (including phenoxy) is 2. The van der Waals surface area contributed by atoms with Gasteiger partial charge in [-0.15, -0.1) is 0 Å². The molecular formula is C22H25ClO6. The van der Waals surface area contributed by atoms with E-state index >= 15 is 0 Å². The van der Waals surface area contributed by atoms with Crippen molar-refractivity contribution in [1.82, 2.24) is 0 Å². The monoisotopic (exact) mass is 420 g/mol. The van der Waals surface area contributed by atoms with Crippen molar-refractivity contribution in [1.29, 1.82) is 0 Å². The van der Waals surface area contributed by atoms with Crippen LogP contribution in [0.25, 0.3) is 0 Å². The summed E-state index contributed by atoms with van der Waals surface area (Å²) >= 11 is 6.37. The van der Waals surface area contributed by atoms with Crippen molar-refractivity contribution in [3.05, 3.63) is 76.0 Å². The lowest BCUT2D eigenvalue weighted by Crippen LogP contribution is -2.47. The van der Waals surface area contributed by atoms with Gasteiger partial charge in [-0.3, -0.25) is 0 Å². The minimum absolute atomic E-state index is 0.115. The number of aliphatic hydroxyl groups excluding tert-OH is 4. The Kier molecular flexibility index (Phi) is 7.16. The Morgan fingerprint density at radius 3 is 2.45 bits per heavy atom. The highest BCUT2D eigenvalue weighted by molar-refractivity contribution is 6.31. The summed E-state index contributed by atoms with van der Waals surface area (Å²) in [5, 5.41) is 40.4. The number of rotatable bonds is 6. The SMILES string of the molecule is COc1ccc(Cc2cc([C@@H]3O/C(=C\CCO)[C@@H](O)[C@H](O)[C@H]3O)ccc2Cl)cc1. The van der Waals surface area contributed by atoms with Crippen molar-refractivity contribution in [3.63, 3.8) is 0 Å². The van der Waals surface area contributed by atoms with Crippen LogP contribution in [-0.4, -0.2) is 52.5 Å². The fourth-order valence-corrected chi connectivity index (χ4v) is 3.52. The highest BCUT2D eigenvalue weighted by atomic mass is 35.5. The Hall–Kier alpha value is -2.09. The zero-order valence-corrected chi connectivity index (χ0v) is 16.8. The van der Waals surface area contributed by atoms with Gasteiger partial charge in [0.25, 0.3) is 0 Å². The van der Waals surface area contributed by atoms with Crippen LogP contribution in [-0.2, 0) is 11.2 Å². The molecule has 0 aliphatic carbocycles. The van der Waals surface area contributed by atoms with Gasteiger partial charge in [-0.05, 0) is 53.8 Å². The normalized spacial score (nSPS) is 25.7. The van der Waals surface area contributed by atoms with E-state index in [2.05, 4.69) is 0 Å². The lowest BCUT2D eigenvalue weighted by Gasteiger charge is -2.38. The molecule has 29 heavy (non-hydrogen) atoms. The molecule has 6 nitrogen and oxygen atoms in total. The van der Waals surface area contributed by atoms with Crippen LogP contribution in [0.1, 0.15) is 29.2 Å². The number of halogens is 1. The van der Waals surface area contributed by atoms with Crippen LogP contribution < -0.4 is 4.74 Å². The summed E-state index contributed by atoms with van der Waals surface area (Å²) in [5.74, 6) is 0.899. The molecule has 3 rings (SSSR count). The van der Waals surface area contributed by atoms with E-state index in [1.54, 1.807) is 19.2 Å². The molecule has 1 aliphatic rings. The number of benzene rings is 2. The third kappa shape index (κ3) is 4.91. The summed E-state index contributed by atoms with van der Waals surface area (Å²) in [4.78, 5) is 0. The maximum atomic E-state index is 10.5. The minimum atomic E-state index is -1.40. The van der Waals surface area contributed by atoms with Crippen molar-refractivity contribution in [2.75, 3.05) is 13.7 Å². The van der Waals surface area contributed by atoms with Gasteiger partial charge < -0.3 is 29.9 Å². The second-order valence-corrected chi connectivity index (χ2v) is 7.37. The lowest BCUT2D eigenvalue weighted by atomic mass is 9.91. The summed E-state index contributed by atoms with van der Waals surface area (Å²) in [7, 11) is 1.61. The zero-order valence-electron chi connectivity index (χ0n) is 16.0. The van der Waals surface area contributed by atoms with Crippen LogP contribution in [0.2, 0.25) is 5.02 Å². The highest BCUT2D eigenvalue weighted by Gasteiger charge is 2.41. The van der Waals surface area contributed by atoms with E-state index in [0.717, 1.165) is 16.9 Å². The van der Waals surface area contributed by atoms with Gasteiger partial charge in [0, 0.05) is 11.6 Å². The molecule has 156 valence electrons. The minimum Gasteiger partial charge on any atom is -0.497 e. The molecule has 0 radical (unpaired) electrons. The van der Waals surface area contributed by atoms with E-state index in [4.69, 9.17) is 26.2 Å². The average Bonchev–Trinajstić information content (AvgIpc) is 2.74. The summed E-state index contributed by atoms with van der Waals surface area (Å²) in [6.45, 7) is -0.115. The standard InChI is InChI=1S/C22H25ClO6/c1-28-16-7-4-13(5-8-16)11-15-12-14(6-9-17(15)23)22-21(27)20(26)19(25)18(29-22)3-2-10-24/h3-9,12,19-22,24-27H,2,10-11H2,1H3/b18-3-/t19-,20+,21-,22+/m1/s1. The van der Waals surface area contributed by atoms with Crippen molar-refractivity contribution in [2.45, 2.75) is 37.3 Å². The van der Waals surface area contributed by atoms with Crippen LogP contribution in [0.15, 0.2) is 54.3 Å². The predicted octanol–water partition coefficient (Wildman–Crippen LogP) is 2.36. The predicted molar refractivity (Wildman–Crippen MR) is 109 cm³/mol. The molecule has 7 heteroatoms.